The Morgan fingerprint density at radius 3 is 2.62 bits per heavy atom. The molecule has 0 aromatic carbocycles. The molecule has 0 fully saturated rings. The Kier molecular flexibility index (Phi) is 3.41. The summed E-state index contributed by atoms with van der Waals surface area (Å²) in [5, 5.41) is 3.37. The molecule has 0 aliphatic heterocycles. The Balaban J connectivity index is 3.32. The van der Waals surface area contributed by atoms with Gasteiger partial charge < -0.3 is 4.74 Å². The van der Waals surface area contributed by atoms with Gasteiger partial charge >= 0.3 is 16.3 Å². The zero-order valence-electron chi connectivity index (χ0n) is 8.26. The predicted molar refractivity (Wildman–Crippen MR) is 54.7 cm³/mol. The summed E-state index contributed by atoms with van der Waals surface area (Å²) < 4.78 is 37.0. The smallest absolute Gasteiger partial charge is 0.358 e. The van der Waals surface area contributed by atoms with Crippen molar-refractivity contribution in [1.82, 2.24) is 9.78 Å². The second kappa shape index (κ2) is 4.28. The number of ether oxygens (including phenoxy) is 1. The van der Waals surface area contributed by atoms with E-state index in [1.165, 1.54) is 7.05 Å². The molecule has 1 aromatic heterocycles. The number of anilines is 1. The second-order valence-corrected chi connectivity index (χ2v) is 4.22. The van der Waals surface area contributed by atoms with Gasteiger partial charge in [-0.15, -0.1) is 0 Å². The minimum absolute atomic E-state index is 0.236. The van der Waals surface area contributed by atoms with Crippen LogP contribution in [0.1, 0.15) is 10.4 Å². The van der Waals surface area contributed by atoms with Crippen molar-refractivity contribution in [3.05, 3.63) is 10.7 Å². The van der Waals surface area contributed by atoms with Gasteiger partial charge in [0.1, 0.15) is 5.56 Å². The van der Waals surface area contributed by atoms with Gasteiger partial charge in [0.25, 0.3) is 0 Å². The van der Waals surface area contributed by atoms with Crippen LogP contribution in [0.5, 0.6) is 0 Å². The van der Waals surface area contributed by atoms with Crippen molar-refractivity contribution in [3.8, 4) is 0 Å². The normalized spacial score (nSPS) is 11.2. The zero-order chi connectivity index (χ0) is 12.5. The van der Waals surface area contributed by atoms with Crippen molar-refractivity contribution < 1.29 is 22.5 Å². The molecule has 90 valence electrons. The quantitative estimate of drug-likeness (QED) is 0.594. The first kappa shape index (κ1) is 12.7. The summed E-state index contributed by atoms with van der Waals surface area (Å²) in [6.07, 6.45) is 0. The van der Waals surface area contributed by atoms with Crippen LogP contribution >= 0.6 is 11.6 Å². The average Bonchev–Trinajstić information content (AvgIpc) is 2.38. The van der Waals surface area contributed by atoms with Gasteiger partial charge in [-0.25, -0.2) is 14.2 Å². The molecule has 0 saturated carbocycles. The van der Waals surface area contributed by atoms with Crippen molar-refractivity contribution >= 4 is 33.7 Å². The fraction of sp³-hybridized carbons (Fsp3) is 0.333. The molecule has 0 saturated heterocycles. The first-order chi connectivity index (χ1) is 7.26. The highest BCUT2D eigenvalue weighted by atomic mass is 35.5. The monoisotopic (exact) mass is 269 g/mol. The lowest BCUT2D eigenvalue weighted by atomic mass is 10.3. The van der Waals surface area contributed by atoms with Crippen molar-refractivity contribution in [2.75, 3.05) is 11.8 Å². The van der Waals surface area contributed by atoms with Crippen molar-refractivity contribution in [2.45, 2.75) is 0 Å². The predicted octanol–water partition coefficient (Wildman–Crippen LogP) is 0.0748. The Hall–Kier alpha value is -1.32. The van der Waals surface area contributed by atoms with E-state index < -0.39 is 16.3 Å². The number of methoxy groups -OCH3 is 1. The lowest BCUT2D eigenvalue weighted by molar-refractivity contribution is 0.0602. The molecule has 0 radical (unpaired) electrons. The van der Waals surface area contributed by atoms with Crippen LogP contribution in [0.3, 0.4) is 0 Å². The van der Waals surface area contributed by atoms with Crippen LogP contribution in [0.25, 0.3) is 0 Å². The van der Waals surface area contributed by atoms with Crippen LogP contribution in [-0.4, -0.2) is 35.8 Å². The molecule has 0 aliphatic carbocycles. The van der Waals surface area contributed by atoms with E-state index in [0.29, 0.717) is 0 Å². The lowest BCUT2D eigenvalue weighted by Crippen LogP contribution is -2.16. The van der Waals surface area contributed by atoms with Gasteiger partial charge in [0.05, 0.1) is 7.11 Å². The third kappa shape index (κ3) is 2.62. The summed E-state index contributed by atoms with van der Waals surface area (Å²) in [4.78, 5) is 11.3. The number of nitrogens with one attached hydrogen (secondary N) is 1. The highest BCUT2D eigenvalue weighted by Gasteiger charge is 2.24. The lowest BCUT2D eigenvalue weighted by Gasteiger charge is -2.04. The topological polar surface area (TPSA) is 111 Å². The number of hydrogen-bond donors (Lipinski definition) is 2. The SMILES string of the molecule is COC(=O)c1c(Cl)nn(C)c1NS(=O)(=O)O. The highest BCUT2D eigenvalue weighted by Crippen LogP contribution is 2.24. The molecule has 8 nitrogen and oxygen atoms in total. The fourth-order valence-electron chi connectivity index (χ4n) is 1.01. The molecule has 0 amide bonds. The van der Waals surface area contributed by atoms with E-state index in [4.69, 9.17) is 16.2 Å². The van der Waals surface area contributed by atoms with Crippen LogP contribution in [0.4, 0.5) is 5.82 Å². The van der Waals surface area contributed by atoms with Gasteiger partial charge in [0, 0.05) is 7.05 Å². The van der Waals surface area contributed by atoms with Crippen molar-refractivity contribution in [2.24, 2.45) is 7.05 Å². The maximum Gasteiger partial charge on any atom is 0.358 e. The maximum absolute atomic E-state index is 11.3. The molecule has 16 heavy (non-hydrogen) atoms. The Morgan fingerprint density at radius 2 is 2.19 bits per heavy atom. The third-order valence-electron chi connectivity index (χ3n) is 1.62. The van der Waals surface area contributed by atoms with Crippen molar-refractivity contribution in [1.29, 1.82) is 0 Å². The standard InChI is InChI=1S/C6H8ClN3O5S/c1-10-5(9-16(12,13)14)3(4(7)8-10)6(11)15-2/h9H,1-2H3,(H,12,13,14). The van der Waals surface area contributed by atoms with E-state index in [2.05, 4.69) is 9.84 Å². The number of carbonyl (C=O) groups is 1. The van der Waals surface area contributed by atoms with Gasteiger partial charge in [-0.1, -0.05) is 11.6 Å². The molecule has 1 rings (SSSR count). The number of aryl methyl sites for hydroxylation is 1. The minimum atomic E-state index is -4.53. The molecule has 1 aromatic rings. The molecule has 0 bridgehead atoms. The van der Waals surface area contributed by atoms with Gasteiger partial charge in [-0.3, -0.25) is 4.55 Å². The minimum Gasteiger partial charge on any atom is -0.465 e. The van der Waals surface area contributed by atoms with Gasteiger partial charge in [0.2, 0.25) is 0 Å². The first-order valence-electron chi connectivity index (χ1n) is 3.82. The third-order valence-corrected chi connectivity index (χ3v) is 2.34. The summed E-state index contributed by atoms with van der Waals surface area (Å²) in [6.45, 7) is 0. The molecule has 0 spiro atoms. The fourth-order valence-corrected chi connectivity index (χ4v) is 1.77. The average molecular weight is 270 g/mol. The van der Waals surface area contributed by atoms with Crippen molar-refractivity contribution in [3.63, 3.8) is 0 Å². The van der Waals surface area contributed by atoms with Crippen LogP contribution < -0.4 is 4.72 Å². The Morgan fingerprint density at radius 1 is 1.62 bits per heavy atom. The number of hydrogen-bond acceptors (Lipinski definition) is 5. The number of halogens is 1. The summed E-state index contributed by atoms with van der Waals surface area (Å²) >= 11 is 5.60. The van der Waals surface area contributed by atoms with E-state index >= 15 is 0 Å². The van der Waals surface area contributed by atoms with E-state index in [1.54, 1.807) is 4.72 Å². The Labute approximate surface area is 96.0 Å². The summed E-state index contributed by atoms with van der Waals surface area (Å²) in [7, 11) is -2.09. The van der Waals surface area contributed by atoms with Crippen LogP contribution in [0.15, 0.2) is 0 Å². The van der Waals surface area contributed by atoms with E-state index in [-0.39, 0.29) is 16.5 Å². The molecule has 2 N–H and O–H groups in total. The number of carbonyl (C=O) groups excluding carboxylic acids is 1. The highest BCUT2D eigenvalue weighted by molar-refractivity contribution is 7.87. The molecule has 1 heterocycles. The van der Waals surface area contributed by atoms with E-state index in [0.717, 1.165) is 11.8 Å². The zero-order valence-corrected chi connectivity index (χ0v) is 9.83. The molecule has 10 heteroatoms. The number of rotatable bonds is 3. The first-order valence-corrected chi connectivity index (χ1v) is 5.64. The van der Waals surface area contributed by atoms with E-state index in [1.807, 2.05) is 0 Å². The van der Waals surface area contributed by atoms with Gasteiger partial charge in [-0.05, 0) is 0 Å². The molecule has 0 unspecified atom stereocenters. The summed E-state index contributed by atoms with van der Waals surface area (Å²) in [5.74, 6) is -1.15. The molecule has 0 atom stereocenters. The van der Waals surface area contributed by atoms with Gasteiger partial charge in [-0.2, -0.15) is 13.5 Å². The number of nitrogens with zero attached hydrogens (tertiary/aromatic N) is 2. The van der Waals surface area contributed by atoms with Gasteiger partial charge in [0.15, 0.2) is 11.0 Å². The van der Waals surface area contributed by atoms with E-state index in [9.17, 15) is 13.2 Å². The largest absolute Gasteiger partial charge is 0.465 e. The molecular formula is C6H8ClN3O5S. The van der Waals surface area contributed by atoms with Crippen LogP contribution in [-0.2, 0) is 22.1 Å². The van der Waals surface area contributed by atoms with Crippen LogP contribution in [0.2, 0.25) is 5.15 Å². The maximum atomic E-state index is 11.3. The summed E-state index contributed by atoms with van der Waals surface area (Å²) in [5.41, 5.74) is -0.274. The second-order valence-electron chi connectivity index (χ2n) is 2.71. The molecule has 0 aliphatic rings. The molecular weight excluding hydrogens is 262 g/mol. The van der Waals surface area contributed by atoms with Crippen LogP contribution in [0, 0.1) is 0 Å². The number of esters is 1. The Bertz CT molecular complexity index is 523. The number of aromatic nitrogens is 2. The summed E-state index contributed by atoms with van der Waals surface area (Å²) in [6, 6.07) is 0.